The zero-order chi connectivity index (χ0) is 19.2. The molecule has 0 N–H and O–H groups in total. The van der Waals surface area contributed by atoms with Gasteiger partial charge in [-0.2, -0.15) is 5.26 Å². The van der Waals surface area contributed by atoms with Crippen LogP contribution in [0.3, 0.4) is 0 Å². The van der Waals surface area contributed by atoms with Crippen LogP contribution >= 0.6 is 11.6 Å². The first-order chi connectivity index (χ1) is 13.1. The summed E-state index contributed by atoms with van der Waals surface area (Å²) in [4.78, 5) is 12.2. The smallest absolute Gasteiger partial charge is 0.349 e. The highest BCUT2D eigenvalue weighted by Gasteiger charge is 2.18. The Balaban J connectivity index is 1.69. The Hall–Kier alpha value is -3.17. The normalized spacial score (nSPS) is 12.9. The number of esters is 1. The molecular weight excluding hydrogens is 370 g/mol. The zero-order valence-corrected chi connectivity index (χ0v) is 15.3. The van der Waals surface area contributed by atoms with E-state index in [1.165, 1.54) is 6.08 Å². The Morgan fingerprint density at radius 2 is 2.00 bits per heavy atom. The van der Waals surface area contributed by atoms with Crippen molar-refractivity contribution in [1.82, 2.24) is 0 Å². The Kier molecular flexibility index (Phi) is 5.84. The third kappa shape index (κ3) is 4.52. The summed E-state index contributed by atoms with van der Waals surface area (Å²) in [5.74, 6) is 0.951. The number of nitrogens with zero attached hydrogens (tertiary/aromatic N) is 1. The average Bonchev–Trinajstić information content (AvgIpc) is 2.70. The summed E-state index contributed by atoms with van der Waals surface area (Å²) in [5, 5.41) is 9.64. The number of hydrogen-bond donors (Lipinski definition) is 0. The maximum absolute atomic E-state index is 12.2. The van der Waals surface area contributed by atoms with Gasteiger partial charge in [0.05, 0.1) is 12.1 Å². The van der Waals surface area contributed by atoms with Crippen LogP contribution in [0.5, 0.6) is 17.2 Å². The SMILES string of the molecule is COc1ccc(/C=C(\C#N)C(=O)OCc2cc(Cl)c3c(c2)OCCO3)cc1. The summed E-state index contributed by atoms with van der Waals surface area (Å²) in [7, 11) is 1.56. The van der Waals surface area contributed by atoms with E-state index in [9.17, 15) is 10.1 Å². The molecular formula is C20H16ClNO5. The highest BCUT2D eigenvalue weighted by molar-refractivity contribution is 6.32. The van der Waals surface area contributed by atoms with Gasteiger partial charge >= 0.3 is 5.97 Å². The van der Waals surface area contributed by atoms with Crippen LogP contribution < -0.4 is 14.2 Å². The molecule has 138 valence electrons. The van der Waals surface area contributed by atoms with Gasteiger partial charge in [-0.05, 0) is 41.5 Å². The second kappa shape index (κ2) is 8.47. The first-order valence-corrected chi connectivity index (χ1v) is 8.49. The fourth-order valence-electron chi connectivity index (χ4n) is 2.48. The van der Waals surface area contributed by atoms with E-state index in [4.69, 9.17) is 30.5 Å². The van der Waals surface area contributed by atoms with Crippen LogP contribution in [0, 0.1) is 11.3 Å². The molecule has 0 unspecified atom stereocenters. The standard InChI is InChI=1S/C20H16ClNO5/c1-24-16-4-2-13(3-5-16)8-15(11-22)20(23)27-12-14-9-17(21)19-18(10-14)25-6-7-26-19/h2-5,8-10H,6-7,12H2,1H3/b15-8+. The number of nitriles is 1. The molecule has 6 nitrogen and oxygen atoms in total. The van der Waals surface area contributed by atoms with E-state index in [2.05, 4.69) is 0 Å². The van der Waals surface area contributed by atoms with E-state index in [1.807, 2.05) is 6.07 Å². The average molecular weight is 386 g/mol. The summed E-state index contributed by atoms with van der Waals surface area (Å²) >= 11 is 6.17. The van der Waals surface area contributed by atoms with Crippen molar-refractivity contribution in [2.75, 3.05) is 20.3 Å². The molecule has 0 atom stereocenters. The minimum Gasteiger partial charge on any atom is -0.497 e. The van der Waals surface area contributed by atoms with Crippen LogP contribution in [0.1, 0.15) is 11.1 Å². The highest BCUT2D eigenvalue weighted by atomic mass is 35.5. The lowest BCUT2D eigenvalue weighted by molar-refractivity contribution is -0.139. The fraction of sp³-hybridized carbons (Fsp3) is 0.200. The van der Waals surface area contributed by atoms with Crippen molar-refractivity contribution in [2.45, 2.75) is 6.61 Å². The summed E-state index contributed by atoms with van der Waals surface area (Å²) in [6, 6.07) is 12.2. The lowest BCUT2D eigenvalue weighted by atomic mass is 10.1. The molecule has 0 saturated heterocycles. The summed E-state index contributed by atoms with van der Waals surface area (Å²) in [5.41, 5.74) is 1.22. The molecule has 27 heavy (non-hydrogen) atoms. The van der Waals surface area contributed by atoms with E-state index in [0.717, 1.165) is 0 Å². The maximum atomic E-state index is 12.2. The number of halogens is 1. The minimum atomic E-state index is -0.723. The Morgan fingerprint density at radius 3 is 2.70 bits per heavy atom. The van der Waals surface area contributed by atoms with E-state index in [-0.39, 0.29) is 12.2 Å². The molecule has 0 bridgehead atoms. The summed E-state index contributed by atoms with van der Waals surface area (Å²) < 4.78 is 21.3. The second-order valence-corrected chi connectivity index (χ2v) is 6.03. The van der Waals surface area contributed by atoms with Crippen LogP contribution in [-0.4, -0.2) is 26.3 Å². The van der Waals surface area contributed by atoms with Crippen molar-refractivity contribution < 1.29 is 23.7 Å². The van der Waals surface area contributed by atoms with Gasteiger partial charge in [-0.25, -0.2) is 4.79 Å². The lowest BCUT2D eigenvalue weighted by Gasteiger charge is -2.20. The molecule has 1 aliphatic heterocycles. The maximum Gasteiger partial charge on any atom is 0.349 e. The molecule has 0 saturated carbocycles. The van der Waals surface area contributed by atoms with Crippen molar-refractivity contribution in [3.05, 3.63) is 58.1 Å². The van der Waals surface area contributed by atoms with Crippen LogP contribution in [0.25, 0.3) is 6.08 Å². The molecule has 1 heterocycles. The van der Waals surface area contributed by atoms with Crippen molar-refractivity contribution in [1.29, 1.82) is 5.26 Å². The second-order valence-electron chi connectivity index (χ2n) is 5.62. The molecule has 0 spiro atoms. The molecule has 2 aromatic carbocycles. The van der Waals surface area contributed by atoms with Gasteiger partial charge in [0, 0.05) is 0 Å². The molecule has 0 amide bonds. The molecule has 0 aliphatic carbocycles. The largest absolute Gasteiger partial charge is 0.497 e. The summed E-state index contributed by atoms with van der Waals surface area (Å²) in [6.45, 7) is 0.815. The van der Waals surface area contributed by atoms with Crippen molar-refractivity contribution in [3.8, 4) is 23.3 Å². The fourth-order valence-corrected chi connectivity index (χ4v) is 2.77. The van der Waals surface area contributed by atoms with E-state index < -0.39 is 5.97 Å². The van der Waals surface area contributed by atoms with Gasteiger partial charge in [0.25, 0.3) is 0 Å². The van der Waals surface area contributed by atoms with Crippen LogP contribution in [0.4, 0.5) is 0 Å². The van der Waals surface area contributed by atoms with E-state index in [0.29, 0.717) is 46.6 Å². The predicted octanol–water partition coefficient (Wildman–Crippen LogP) is 3.77. The number of ether oxygens (including phenoxy) is 4. The Labute approximate surface area is 161 Å². The monoisotopic (exact) mass is 385 g/mol. The molecule has 1 aliphatic rings. The van der Waals surface area contributed by atoms with Gasteiger partial charge in [-0.15, -0.1) is 0 Å². The number of rotatable bonds is 5. The number of carbonyl (C=O) groups is 1. The zero-order valence-electron chi connectivity index (χ0n) is 14.5. The van der Waals surface area contributed by atoms with Gasteiger partial charge in [0.15, 0.2) is 11.5 Å². The number of methoxy groups -OCH3 is 1. The van der Waals surface area contributed by atoms with Gasteiger partial charge in [-0.3, -0.25) is 0 Å². The predicted molar refractivity (Wildman–Crippen MR) is 98.8 cm³/mol. The van der Waals surface area contributed by atoms with Gasteiger partial charge < -0.3 is 18.9 Å². The Bertz CT molecular complexity index is 915. The number of carbonyl (C=O) groups excluding carboxylic acids is 1. The number of fused-ring (bicyclic) bond motifs is 1. The molecule has 3 rings (SSSR count). The van der Waals surface area contributed by atoms with E-state index in [1.54, 1.807) is 43.5 Å². The molecule has 7 heteroatoms. The quantitative estimate of drug-likeness (QED) is 0.443. The van der Waals surface area contributed by atoms with Crippen molar-refractivity contribution in [3.63, 3.8) is 0 Å². The van der Waals surface area contributed by atoms with Crippen molar-refractivity contribution >= 4 is 23.6 Å². The van der Waals surface area contributed by atoms with E-state index >= 15 is 0 Å². The van der Waals surface area contributed by atoms with Crippen LogP contribution in [0.15, 0.2) is 42.0 Å². The lowest BCUT2D eigenvalue weighted by Crippen LogP contribution is -2.16. The molecule has 0 radical (unpaired) electrons. The van der Waals surface area contributed by atoms with Gasteiger partial charge in [0.1, 0.15) is 37.2 Å². The highest BCUT2D eigenvalue weighted by Crippen LogP contribution is 2.38. The summed E-state index contributed by atoms with van der Waals surface area (Å²) in [6.07, 6.45) is 1.46. The van der Waals surface area contributed by atoms with Gasteiger partial charge in [0.2, 0.25) is 0 Å². The third-order valence-corrected chi connectivity index (χ3v) is 4.07. The Morgan fingerprint density at radius 1 is 1.26 bits per heavy atom. The first-order valence-electron chi connectivity index (χ1n) is 8.11. The molecule has 0 aromatic heterocycles. The van der Waals surface area contributed by atoms with Crippen LogP contribution in [-0.2, 0) is 16.1 Å². The number of benzene rings is 2. The number of hydrogen-bond acceptors (Lipinski definition) is 6. The molecule has 2 aromatic rings. The minimum absolute atomic E-state index is 0.0448. The molecule has 0 fully saturated rings. The van der Waals surface area contributed by atoms with Crippen molar-refractivity contribution in [2.24, 2.45) is 0 Å². The van der Waals surface area contributed by atoms with Crippen LogP contribution in [0.2, 0.25) is 5.02 Å². The topological polar surface area (TPSA) is 77.8 Å². The third-order valence-electron chi connectivity index (χ3n) is 3.79. The first kappa shape index (κ1) is 18.6. The van der Waals surface area contributed by atoms with Gasteiger partial charge in [-0.1, -0.05) is 23.7 Å².